The second-order valence-corrected chi connectivity index (χ2v) is 4.17. The highest BCUT2D eigenvalue weighted by molar-refractivity contribution is 6.17. The first-order valence-corrected chi connectivity index (χ1v) is 6.48. The van der Waals surface area contributed by atoms with Crippen LogP contribution in [-0.2, 0) is 17.6 Å². The smallest absolute Gasteiger partial charge is 0.338 e. The van der Waals surface area contributed by atoms with Gasteiger partial charge in [-0.15, -0.1) is 11.6 Å². The Hall–Kier alpha value is -1.53. The van der Waals surface area contributed by atoms with Crippen LogP contribution >= 0.6 is 11.6 Å². The molecule has 0 aliphatic rings. The van der Waals surface area contributed by atoms with Crippen LogP contribution in [0.25, 0.3) is 0 Å². The summed E-state index contributed by atoms with van der Waals surface area (Å²) in [5, 5.41) is 8.88. The third kappa shape index (κ3) is 3.75. The van der Waals surface area contributed by atoms with Crippen LogP contribution in [0.3, 0.4) is 0 Å². The van der Waals surface area contributed by atoms with Crippen LogP contribution in [-0.4, -0.2) is 18.5 Å². The molecule has 4 heteroatoms. The Labute approximate surface area is 112 Å². The van der Waals surface area contributed by atoms with Crippen LogP contribution in [0.15, 0.2) is 18.2 Å². The first-order chi connectivity index (χ1) is 8.74. The van der Waals surface area contributed by atoms with Crippen molar-refractivity contribution in [2.24, 2.45) is 0 Å². The van der Waals surface area contributed by atoms with Gasteiger partial charge < -0.3 is 4.74 Å². The minimum absolute atomic E-state index is 0.215. The second kappa shape index (κ2) is 7.73. The fourth-order valence-corrected chi connectivity index (χ4v) is 1.95. The molecule has 0 saturated heterocycles. The van der Waals surface area contributed by atoms with Gasteiger partial charge in [0.05, 0.1) is 24.7 Å². The number of halogens is 1. The Balaban J connectivity index is 3.09. The van der Waals surface area contributed by atoms with Gasteiger partial charge in [0, 0.05) is 5.88 Å². The number of hydrogen-bond acceptors (Lipinski definition) is 3. The van der Waals surface area contributed by atoms with E-state index in [9.17, 15) is 4.79 Å². The van der Waals surface area contributed by atoms with Crippen LogP contribution in [0.5, 0.6) is 0 Å². The van der Waals surface area contributed by atoms with Crippen molar-refractivity contribution in [1.29, 1.82) is 5.26 Å². The maximum absolute atomic E-state index is 11.8. The molecule has 0 amide bonds. The summed E-state index contributed by atoms with van der Waals surface area (Å²) in [6.07, 6.45) is 1.81. The van der Waals surface area contributed by atoms with E-state index in [1.807, 2.05) is 12.1 Å². The molecule has 18 heavy (non-hydrogen) atoms. The molecule has 1 rings (SSSR count). The van der Waals surface area contributed by atoms with Gasteiger partial charge in [0.25, 0.3) is 0 Å². The molecular formula is C14H16ClNO2. The van der Waals surface area contributed by atoms with Gasteiger partial charge in [-0.2, -0.15) is 5.26 Å². The molecule has 0 atom stereocenters. The molecule has 0 radical (unpaired) electrons. The van der Waals surface area contributed by atoms with E-state index in [-0.39, 0.29) is 12.4 Å². The minimum Gasteiger partial charge on any atom is -0.462 e. The number of alkyl halides is 1. The Morgan fingerprint density at radius 1 is 1.50 bits per heavy atom. The number of benzene rings is 1. The SMILES string of the molecule is CCOC(=O)c1cccc(CCCCl)c1CC#N. The number of hydrogen-bond donors (Lipinski definition) is 0. The van der Waals surface area contributed by atoms with E-state index in [2.05, 4.69) is 6.07 Å². The number of aryl methyl sites for hydroxylation is 1. The highest BCUT2D eigenvalue weighted by atomic mass is 35.5. The summed E-state index contributed by atoms with van der Waals surface area (Å²) in [4.78, 5) is 11.8. The third-order valence-corrected chi connectivity index (χ3v) is 2.87. The number of ether oxygens (including phenoxy) is 1. The van der Waals surface area contributed by atoms with Crippen molar-refractivity contribution in [2.75, 3.05) is 12.5 Å². The summed E-state index contributed by atoms with van der Waals surface area (Å²) in [6.45, 7) is 2.09. The van der Waals surface area contributed by atoms with E-state index in [1.54, 1.807) is 13.0 Å². The molecule has 0 saturated carbocycles. The summed E-state index contributed by atoms with van der Waals surface area (Å²) in [5.74, 6) is 0.200. The van der Waals surface area contributed by atoms with E-state index in [1.165, 1.54) is 0 Å². The lowest BCUT2D eigenvalue weighted by Crippen LogP contribution is -2.10. The summed E-state index contributed by atoms with van der Waals surface area (Å²) in [6, 6.07) is 7.55. The number of rotatable bonds is 6. The van der Waals surface area contributed by atoms with Crippen LogP contribution in [0.2, 0.25) is 0 Å². The number of carbonyl (C=O) groups excluding carboxylic acids is 1. The second-order valence-electron chi connectivity index (χ2n) is 3.79. The first-order valence-electron chi connectivity index (χ1n) is 5.95. The van der Waals surface area contributed by atoms with Crippen LogP contribution in [0, 0.1) is 11.3 Å². The molecule has 0 unspecified atom stereocenters. The molecule has 3 nitrogen and oxygen atoms in total. The lowest BCUT2D eigenvalue weighted by Gasteiger charge is -2.11. The Morgan fingerprint density at radius 3 is 2.89 bits per heavy atom. The lowest BCUT2D eigenvalue weighted by atomic mass is 9.96. The quantitative estimate of drug-likeness (QED) is 0.587. The van der Waals surface area contributed by atoms with Crippen LogP contribution in [0.1, 0.15) is 34.8 Å². The fraction of sp³-hybridized carbons (Fsp3) is 0.429. The molecule has 1 aromatic carbocycles. The van der Waals surface area contributed by atoms with Crippen molar-refractivity contribution < 1.29 is 9.53 Å². The van der Waals surface area contributed by atoms with Gasteiger partial charge in [-0.1, -0.05) is 12.1 Å². The third-order valence-electron chi connectivity index (χ3n) is 2.60. The molecule has 0 aliphatic carbocycles. The average molecular weight is 266 g/mol. The Morgan fingerprint density at radius 2 is 2.28 bits per heavy atom. The zero-order valence-corrected chi connectivity index (χ0v) is 11.2. The maximum atomic E-state index is 11.8. The highest BCUT2D eigenvalue weighted by Crippen LogP contribution is 2.18. The number of esters is 1. The highest BCUT2D eigenvalue weighted by Gasteiger charge is 2.15. The van der Waals surface area contributed by atoms with Crippen molar-refractivity contribution in [2.45, 2.75) is 26.2 Å². The zero-order chi connectivity index (χ0) is 13.4. The standard InChI is InChI=1S/C14H16ClNO2/c1-2-18-14(17)13-7-3-5-11(6-4-9-15)12(13)8-10-16/h3,5,7H,2,4,6,8-9H2,1H3. The summed E-state index contributed by atoms with van der Waals surface area (Å²) in [7, 11) is 0. The molecule has 0 N–H and O–H groups in total. The number of nitriles is 1. The van der Waals surface area contributed by atoms with Gasteiger partial charge in [-0.3, -0.25) is 0 Å². The predicted molar refractivity (Wildman–Crippen MR) is 70.8 cm³/mol. The van der Waals surface area contributed by atoms with E-state index in [0.717, 1.165) is 24.0 Å². The van der Waals surface area contributed by atoms with Gasteiger partial charge in [0.1, 0.15) is 0 Å². The molecule has 0 spiro atoms. The van der Waals surface area contributed by atoms with Crippen molar-refractivity contribution in [3.05, 3.63) is 34.9 Å². The molecule has 0 aromatic heterocycles. The summed E-state index contributed by atoms with van der Waals surface area (Å²) < 4.78 is 5.00. The summed E-state index contributed by atoms with van der Waals surface area (Å²) >= 11 is 5.68. The van der Waals surface area contributed by atoms with Crippen LogP contribution < -0.4 is 0 Å². The maximum Gasteiger partial charge on any atom is 0.338 e. The monoisotopic (exact) mass is 265 g/mol. The predicted octanol–water partition coefficient (Wildman–Crippen LogP) is 3.10. The van der Waals surface area contributed by atoms with Crippen molar-refractivity contribution in [1.82, 2.24) is 0 Å². The number of nitrogens with zero attached hydrogens (tertiary/aromatic N) is 1. The lowest BCUT2D eigenvalue weighted by molar-refractivity contribution is 0.0525. The molecule has 0 aliphatic heterocycles. The minimum atomic E-state index is -0.365. The van der Waals surface area contributed by atoms with Gasteiger partial charge in [-0.05, 0) is 37.0 Å². The summed E-state index contributed by atoms with van der Waals surface area (Å²) in [5.41, 5.74) is 2.26. The number of carbonyl (C=O) groups is 1. The van der Waals surface area contributed by atoms with Gasteiger partial charge in [0.2, 0.25) is 0 Å². The molecule has 1 aromatic rings. The van der Waals surface area contributed by atoms with Gasteiger partial charge in [0.15, 0.2) is 0 Å². The normalized spacial score (nSPS) is 9.83. The molecule has 0 fully saturated rings. The van der Waals surface area contributed by atoms with Crippen LogP contribution in [0.4, 0.5) is 0 Å². The molecule has 0 heterocycles. The molecule has 0 bridgehead atoms. The topological polar surface area (TPSA) is 50.1 Å². The Kier molecular flexibility index (Phi) is 6.24. The van der Waals surface area contributed by atoms with E-state index in [4.69, 9.17) is 21.6 Å². The average Bonchev–Trinajstić information content (AvgIpc) is 2.38. The van der Waals surface area contributed by atoms with Crippen molar-refractivity contribution >= 4 is 17.6 Å². The van der Waals surface area contributed by atoms with Gasteiger partial charge >= 0.3 is 5.97 Å². The molecule has 96 valence electrons. The van der Waals surface area contributed by atoms with E-state index >= 15 is 0 Å². The van der Waals surface area contributed by atoms with Gasteiger partial charge in [-0.25, -0.2) is 4.79 Å². The van der Waals surface area contributed by atoms with E-state index < -0.39 is 0 Å². The first kappa shape index (κ1) is 14.5. The van der Waals surface area contributed by atoms with E-state index in [0.29, 0.717) is 18.1 Å². The van der Waals surface area contributed by atoms with Crippen molar-refractivity contribution in [3.8, 4) is 6.07 Å². The Bertz CT molecular complexity index is 452. The largest absolute Gasteiger partial charge is 0.462 e. The zero-order valence-electron chi connectivity index (χ0n) is 10.4. The molecular weight excluding hydrogens is 250 g/mol. The van der Waals surface area contributed by atoms with Crippen molar-refractivity contribution in [3.63, 3.8) is 0 Å². The fourth-order valence-electron chi connectivity index (χ4n) is 1.81.